The number of amides is 1. The van der Waals surface area contributed by atoms with Crippen molar-refractivity contribution in [3.63, 3.8) is 0 Å². The average molecular weight is 330 g/mol. The number of aromatic nitrogens is 3. The van der Waals surface area contributed by atoms with Gasteiger partial charge in [0.1, 0.15) is 11.9 Å². The fraction of sp³-hybridized carbons (Fsp3) is 0.471. The van der Waals surface area contributed by atoms with Gasteiger partial charge in [-0.2, -0.15) is 0 Å². The van der Waals surface area contributed by atoms with Gasteiger partial charge in [0.2, 0.25) is 11.8 Å². The standard InChI is InChI=1S/C17H22N4O3/c1-3-21-9-8-19-16(21)15-13(5-4-10-24-15)17(22)20-12-6-7-18-14(11-12)23-2/h6-9,11,13,15H,3-5,10H2,1-2H3,(H,18,20,22)/t13-,15-/m1/s1. The quantitative estimate of drug-likeness (QED) is 0.911. The molecule has 0 unspecified atom stereocenters. The predicted octanol–water partition coefficient (Wildman–Crippen LogP) is 2.41. The summed E-state index contributed by atoms with van der Waals surface area (Å²) in [5, 5.41) is 2.94. The minimum atomic E-state index is -0.322. The molecule has 0 spiro atoms. The Balaban J connectivity index is 1.78. The van der Waals surface area contributed by atoms with E-state index in [2.05, 4.69) is 15.3 Å². The SMILES string of the molecule is CCn1ccnc1[C@@H]1OCCC[C@H]1C(=O)Nc1ccnc(OC)c1. The van der Waals surface area contributed by atoms with Crippen molar-refractivity contribution < 1.29 is 14.3 Å². The lowest BCUT2D eigenvalue weighted by Gasteiger charge is -2.30. The molecule has 7 nitrogen and oxygen atoms in total. The molecular weight excluding hydrogens is 308 g/mol. The highest BCUT2D eigenvalue weighted by molar-refractivity contribution is 5.93. The molecule has 128 valence electrons. The van der Waals surface area contributed by atoms with Crippen molar-refractivity contribution in [1.82, 2.24) is 14.5 Å². The Kier molecular flexibility index (Phi) is 5.10. The summed E-state index contributed by atoms with van der Waals surface area (Å²) in [6, 6.07) is 3.44. The minimum absolute atomic E-state index is 0.0707. The van der Waals surface area contributed by atoms with Crippen LogP contribution in [0, 0.1) is 5.92 Å². The number of pyridine rings is 1. The highest BCUT2D eigenvalue weighted by Crippen LogP contribution is 2.33. The fourth-order valence-corrected chi connectivity index (χ4v) is 2.98. The van der Waals surface area contributed by atoms with Gasteiger partial charge in [0, 0.05) is 43.5 Å². The van der Waals surface area contributed by atoms with Gasteiger partial charge in [-0.3, -0.25) is 4.79 Å². The van der Waals surface area contributed by atoms with Crippen molar-refractivity contribution in [2.24, 2.45) is 5.92 Å². The van der Waals surface area contributed by atoms with Gasteiger partial charge in [-0.1, -0.05) is 0 Å². The molecule has 2 aromatic heterocycles. The zero-order valence-corrected chi connectivity index (χ0v) is 13.9. The number of nitrogens with zero attached hydrogens (tertiary/aromatic N) is 3. The normalized spacial score (nSPS) is 20.6. The topological polar surface area (TPSA) is 78.3 Å². The van der Waals surface area contributed by atoms with Crippen LogP contribution in [0.25, 0.3) is 0 Å². The molecule has 24 heavy (non-hydrogen) atoms. The summed E-state index contributed by atoms with van der Waals surface area (Å²) in [6.45, 7) is 3.49. The maximum absolute atomic E-state index is 12.8. The van der Waals surface area contributed by atoms with Crippen molar-refractivity contribution >= 4 is 11.6 Å². The number of nitrogens with one attached hydrogen (secondary N) is 1. The number of rotatable bonds is 5. The van der Waals surface area contributed by atoms with Gasteiger partial charge in [-0.15, -0.1) is 0 Å². The number of aryl methyl sites for hydroxylation is 1. The molecule has 0 aliphatic carbocycles. The number of hydrogen-bond donors (Lipinski definition) is 1. The van der Waals surface area contributed by atoms with Crippen molar-refractivity contribution in [2.45, 2.75) is 32.4 Å². The minimum Gasteiger partial charge on any atom is -0.481 e. The maximum Gasteiger partial charge on any atom is 0.230 e. The van der Waals surface area contributed by atoms with E-state index in [9.17, 15) is 4.79 Å². The van der Waals surface area contributed by atoms with E-state index in [1.54, 1.807) is 31.6 Å². The molecule has 1 fully saturated rings. The van der Waals surface area contributed by atoms with E-state index in [4.69, 9.17) is 9.47 Å². The van der Waals surface area contributed by atoms with Crippen LogP contribution in [0.5, 0.6) is 5.88 Å². The number of imidazole rings is 1. The van der Waals surface area contributed by atoms with Crippen LogP contribution in [-0.4, -0.2) is 34.2 Å². The lowest BCUT2D eigenvalue weighted by atomic mass is 9.92. The van der Waals surface area contributed by atoms with Crippen LogP contribution < -0.4 is 10.1 Å². The number of methoxy groups -OCH3 is 1. The largest absolute Gasteiger partial charge is 0.481 e. The Hall–Kier alpha value is -2.41. The second-order valence-corrected chi connectivity index (χ2v) is 5.69. The molecule has 0 saturated carbocycles. The molecule has 1 N–H and O–H groups in total. The molecule has 1 aliphatic heterocycles. The Bertz CT molecular complexity index is 701. The number of carbonyl (C=O) groups excluding carboxylic acids is 1. The van der Waals surface area contributed by atoms with Crippen LogP contribution in [0.3, 0.4) is 0 Å². The van der Waals surface area contributed by atoms with E-state index < -0.39 is 0 Å². The van der Waals surface area contributed by atoms with E-state index in [1.165, 1.54) is 0 Å². The molecule has 3 rings (SSSR count). The van der Waals surface area contributed by atoms with Gasteiger partial charge < -0.3 is 19.4 Å². The molecule has 0 bridgehead atoms. The second-order valence-electron chi connectivity index (χ2n) is 5.69. The van der Waals surface area contributed by atoms with Crippen LogP contribution in [0.15, 0.2) is 30.7 Å². The third-order valence-electron chi connectivity index (χ3n) is 4.21. The molecule has 7 heteroatoms. The summed E-state index contributed by atoms with van der Waals surface area (Å²) < 4.78 is 13.0. The first-order valence-corrected chi connectivity index (χ1v) is 8.16. The number of anilines is 1. The summed E-state index contributed by atoms with van der Waals surface area (Å²) in [5.41, 5.74) is 0.662. The fourth-order valence-electron chi connectivity index (χ4n) is 2.98. The number of carbonyl (C=O) groups is 1. The van der Waals surface area contributed by atoms with Crippen LogP contribution in [-0.2, 0) is 16.1 Å². The highest BCUT2D eigenvalue weighted by atomic mass is 16.5. The van der Waals surface area contributed by atoms with Crippen molar-refractivity contribution in [3.8, 4) is 5.88 Å². The van der Waals surface area contributed by atoms with Crippen LogP contribution in [0.2, 0.25) is 0 Å². The first-order chi connectivity index (χ1) is 11.7. The summed E-state index contributed by atoms with van der Waals surface area (Å²) in [5.74, 6) is 0.930. The average Bonchev–Trinajstić information content (AvgIpc) is 3.10. The Morgan fingerprint density at radius 1 is 1.46 bits per heavy atom. The van der Waals surface area contributed by atoms with E-state index in [1.807, 2.05) is 17.7 Å². The maximum atomic E-state index is 12.8. The molecule has 1 saturated heterocycles. The summed E-state index contributed by atoms with van der Waals surface area (Å²) in [6.07, 6.45) is 6.58. The van der Waals surface area contributed by atoms with Crippen molar-refractivity contribution in [1.29, 1.82) is 0 Å². The van der Waals surface area contributed by atoms with Gasteiger partial charge >= 0.3 is 0 Å². The van der Waals surface area contributed by atoms with E-state index in [-0.39, 0.29) is 17.9 Å². The molecule has 2 atom stereocenters. The molecule has 1 amide bonds. The number of ether oxygens (including phenoxy) is 2. The van der Waals surface area contributed by atoms with Crippen LogP contribution >= 0.6 is 0 Å². The Morgan fingerprint density at radius 3 is 3.12 bits per heavy atom. The highest BCUT2D eigenvalue weighted by Gasteiger charge is 2.35. The van der Waals surface area contributed by atoms with E-state index in [0.29, 0.717) is 18.2 Å². The molecule has 3 heterocycles. The van der Waals surface area contributed by atoms with Gasteiger partial charge in [-0.25, -0.2) is 9.97 Å². The molecule has 1 aliphatic rings. The molecule has 0 radical (unpaired) electrons. The molecule has 2 aromatic rings. The lowest BCUT2D eigenvalue weighted by molar-refractivity contribution is -0.130. The van der Waals surface area contributed by atoms with Crippen molar-refractivity contribution in [2.75, 3.05) is 19.0 Å². The van der Waals surface area contributed by atoms with Gasteiger partial charge in [0.15, 0.2) is 0 Å². The van der Waals surface area contributed by atoms with Crippen molar-refractivity contribution in [3.05, 3.63) is 36.5 Å². The second kappa shape index (κ2) is 7.44. The number of hydrogen-bond acceptors (Lipinski definition) is 5. The smallest absolute Gasteiger partial charge is 0.230 e. The lowest BCUT2D eigenvalue weighted by Crippen LogP contribution is -2.34. The van der Waals surface area contributed by atoms with Gasteiger partial charge in [0.25, 0.3) is 0 Å². The Morgan fingerprint density at radius 2 is 2.33 bits per heavy atom. The summed E-state index contributed by atoms with van der Waals surface area (Å²) >= 11 is 0. The summed E-state index contributed by atoms with van der Waals surface area (Å²) in [7, 11) is 1.55. The zero-order chi connectivity index (χ0) is 16.9. The molecular formula is C17H22N4O3. The Labute approximate surface area is 141 Å². The summed E-state index contributed by atoms with van der Waals surface area (Å²) in [4.78, 5) is 21.2. The van der Waals surface area contributed by atoms with Crippen LogP contribution in [0.1, 0.15) is 31.7 Å². The van der Waals surface area contributed by atoms with E-state index >= 15 is 0 Å². The van der Waals surface area contributed by atoms with Gasteiger partial charge in [-0.05, 0) is 25.8 Å². The first-order valence-electron chi connectivity index (χ1n) is 8.16. The first kappa shape index (κ1) is 16.4. The predicted molar refractivity (Wildman–Crippen MR) is 88.7 cm³/mol. The zero-order valence-electron chi connectivity index (χ0n) is 13.9. The third kappa shape index (κ3) is 3.41. The molecule has 0 aromatic carbocycles. The monoisotopic (exact) mass is 330 g/mol. The van der Waals surface area contributed by atoms with Gasteiger partial charge in [0.05, 0.1) is 13.0 Å². The third-order valence-corrected chi connectivity index (χ3v) is 4.21. The van der Waals surface area contributed by atoms with E-state index in [0.717, 1.165) is 25.2 Å². The van der Waals surface area contributed by atoms with Crippen LogP contribution in [0.4, 0.5) is 5.69 Å².